The summed E-state index contributed by atoms with van der Waals surface area (Å²) in [5.41, 5.74) is 2.58. The number of carbonyl (C=O) groups is 2. The maximum absolute atomic E-state index is 12.6. The van der Waals surface area contributed by atoms with Crippen molar-refractivity contribution in [2.24, 2.45) is 5.92 Å². The maximum atomic E-state index is 12.6. The molecular weight excluding hydrogens is 374 g/mol. The molecule has 0 aliphatic carbocycles. The number of nitrogens with one attached hydrogen (secondary N) is 3. The molecule has 1 aliphatic rings. The van der Waals surface area contributed by atoms with Crippen LogP contribution in [-0.4, -0.2) is 61.0 Å². The van der Waals surface area contributed by atoms with E-state index in [0.717, 1.165) is 32.2 Å². The molecule has 1 heterocycles. The normalized spacial score (nSPS) is 16.8. The predicted octanol–water partition coefficient (Wildman–Crippen LogP) is -0.136. The van der Waals surface area contributed by atoms with Crippen molar-refractivity contribution in [3.05, 3.63) is 38.9 Å². The number of nitrogens with zero attached hydrogens (tertiary/aromatic N) is 2. The molecule has 0 saturated carbocycles. The van der Waals surface area contributed by atoms with Crippen molar-refractivity contribution in [2.75, 3.05) is 33.2 Å². The zero-order chi connectivity index (χ0) is 20.1. The van der Waals surface area contributed by atoms with Crippen molar-refractivity contribution in [3.63, 3.8) is 0 Å². The number of halogens is 1. The summed E-state index contributed by atoms with van der Waals surface area (Å²) < 4.78 is 0. The van der Waals surface area contributed by atoms with Gasteiger partial charge in [0, 0.05) is 11.6 Å². The fraction of sp³-hybridized carbons (Fsp3) is 0.529. The number of hydrogen-bond acceptors (Lipinski definition) is 5. The molecule has 27 heavy (non-hydrogen) atoms. The van der Waals surface area contributed by atoms with Gasteiger partial charge in [0.15, 0.2) is 0 Å². The van der Waals surface area contributed by atoms with E-state index in [0.29, 0.717) is 0 Å². The van der Waals surface area contributed by atoms with Crippen LogP contribution in [0.5, 0.6) is 0 Å². The Morgan fingerprint density at radius 3 is 2.48 bits per heavy atom. The first-order chi connectivity index (χ1) is 12.7. The second-order valence-corrected chi connectivity index (χ2v) is 7.45. The lowest BCUT2D eigenvalue weighted by atomic mass is 10.0. The molecular formula is C17H25ClN5O4+. The van der Waals surface area contributed by atoms with E-state index >= 15 is 0 Å². The van der Waals surface area contributed by atoms with Gasteiger partial charge in [-0.2, -0.15) is 0 Å². The first-order valence-corrected chi connectivity index (χ1v) is 9.18. The number of amides is 2. The van der Waals surface area contributed by atoms with Crippen LogP contribution < -0.4 is 15.6 Å². The quantitative estimate of drug-likeness (QED) is 0.456. The third-order valence-corrected chi connectivity index (χ3v) is 4.85. The summed E-state index contributed by atoms with van der Waals surface area (Å²) in [5.74, 6) is -1.03. The number of likely N-dealkylation sites (N-methyl/N-ethyl adjacent to an activating group) is 1. The fourth-order valence-electron chi connectivity index (χ4n) is 2.78. The number of piperazine rings is 1. The molecule has 1 aromatic carbocycles. The molecule has 0 bridgehead atoms. The van der Waals surface area contributed by atoms with E-state index in [4.69, 9.17) is 11.6 Å². The Hall–Kier alpha value is -2.23. The maximum Gasteiger partial charge on any atom is 0.288 e. The van der Waals surface area contributed by atoms with E-state index in [2.05, 4.69) is 17.8 Å². The molecule has 1 aromatic rings. The van der Waals surface area contributed by atoms with Crippen LogP contribution in [0.2, 0.25) is 5.02 Å². The van der Waals surface area contributed by atoms with Gasteiger partial charge in [-0.15, -0.1) is 0 Å². The molecule has 2 rings (SSSR count). The largest absolute Gasteiger partial charge is 0.340 e. The first kappa shape index (κ1) is 21.1. The van der Waals surface area contributed by atoms with Crippen LogP contribution in [0.4, 0.5) is 5.69 Å². The van der Waals surface area contributed by atoms with E-state index in [-0.39, 0.29) is 28.1 Å². The molecule has 9 nitrogen and oxygen atoms in total. The van der Waals surface area contributed by atoms with Crippen molar-refractivity contribution < 1.29 is 19.4 Å². The minimum absolute atomic E-state index is 0.0492. The molecule has 0 spiro atoms. The lowest BCUT2D eigenvalue weighted by Crippen LogP contribution is -3.12. The number of benzene rings is 1. The van der Waals surface area contributed by atoms with E-state index in [1.807, 2.05) is 18.9 Å². The van der Waals surface area contributed by atoms with Crippen LogP contribution in [0.3, 0.4) is 0 Å². The van der Waals surface area contributed by atoms with Gasteiger partial charge in [0.05, 0.1) is 38.2 Å². The minimum atomic E-state index is -0.765. The number of hydrazine groups is 1. The average Bonchev–Trinajstić information content (AvgIpc) is 2.61. The molecule has 10 heteroatoms. The molecule has 148 valence electrons. The minimum Gasteiger partial charge on any atom is -0.340 e. The van der Waals surface area contributed by atoms with Gasteiger partial charge in [-0.3, -0.25) is 25.1 Å². The summed E-state index contributed by atoms with van der Waals surface area (Å²) in [6.07, 6.45) is 0. The van der Waals surface area contributed by atoms with Crippen molar-refractivity contribution in [3.8, 4) is 0 Å². The standard InChI is InChI=1S/C17H24ClN5O4/c1-11(2)15(17(25)20-22-8-6-21(3)7-9-22)19-16(24)12-4-5-13(18)14(10-12)23(26)27/h4-5,10-11,15H,6-9H2,1-3H3,(H,19,24)(H,20,25)/p+1/t15-/m0/s1. The second-order valence-electron chi connectivity index (χ2n) is 7.04. The van der Waals surface area contributed by atoms with E-state index < -0.39 is 16.9 Å². The Labute approximate surface area is 162 Å². The van der Waals surface area contributed by atoms with E-state index in [9.17, 15) is 19.7 Å². The molecule has 2 amide bonds. The number of hydrogen-bond donors (Lipinski definition) is 3. The van der Waals surface area contributed by atoms with E-state index in [1.54, 1.807) is 0 Å². The van der Waals surface area contributed by atoms with Crippen LogP contribution in [0, 0.1) is 16.0 Å². The Kier molecular flexibility index (Phi) is 7.11. The number of carbonyl (C=O) groups excluding carboxylic acids is 2. The van der Waals surface area contributed by atoms with Gasteiger partial charge in [0.25, 0.3) is 17.5 Å². The van der Waals surface area contributed by atoms with Crippen LogP contribution in [0.1, 0.15) is 24.2 Å². The Morgan fingerprint density at radius 2 is 1.93 bits per heavy atom. The topological polar surface area (TPSA) is 109 Å². The SMILES string of the molecule is CC(C)[C@H](NC(=O)c1ccc(Cl)c([N+](=O)[O-])c1)C(=O)NN1CC[NH+](C)CC1. The summed E-state index contributed by atoms with van der Waals surface area (Å²) in [6, 6.07) is 3.03. The van der Waals surface area contributed by atoms with Crippen molar-refractivity contribution in [2.45, 2.75) is 19.9 Å². The Morgan fingerprint density at radius 1 is 1.30 bits per heavy atom. The fourth-order valence-corrected chi connectivity index (χ4v) is 2.97. The molecule has 1 atom stereocenters. The highest BCUT2D eigenvalue weighted by molar-refractivity contribution is 6.32. The summed E-state index contributed by atoms with van der Waals surface area (Å²) >= 11 is 5.78. The van der Waals surface area contributed by atoms with Crippen LogP contribution >= 0.6 is 11.6 Å². The van der Waals surface area contributed by atoms with Gasteiger partial charge in [0.1, 0.15) is 11.1 Å². The van der Waals surface area contributed by atoms with Gasteiger partial charge in [-0.1, -0.05) is 25.4 Å². The Bertz CT molecular complexity index is 719. The molecule has 1 saturated heterocycles. The number of quaternary nitrogens is 1. The highest BCUT2D eigenvalue weighted by atomic mass is 35.5. The summed E-state index contributed by atoms with van der Waals surface area (Å²) in [5, 5.41) is 15.5. The average molecular weight is 399 g/mol. The molecule has 0 aromatic heterocycles. The van der Waals surface area contributed by atoms with Crippen molar-refractivity contribution >= 4 is 29.1 Å². The van der Waals surface area contributed by atoms with Crippen molar-refractivity contribution in [1.82, 2.24) is 15.8 Å². The predicted molar refractivity (Wildman–Crippen MR) is 101 cm³/mol. The summed E-state index contributed by atoms with van der Waals surface area (Å²) in [4.78, 5) is 36.9. The highest BCUT2D eigenvalue weighted by Gasteiger charge is 2.28. The highest BCUT2D eigenvalue weighted by Crippen LogP contribution is 2.25. The Balaban J connectivity index is 2.06. The third kappa shape index (κ3) is 5.62. The zero-order valence-electron chi connectivity index (χ0n) is 15.6. The first-order valence-electron chi connectivity index (χ1n) is 8.80. The smallest absolute Gasteiger partial charge is 0.288 e. The lowest BCUT2D eigenvalue weighted by Gasteiger charge is -2.32. The number of nitro groups is 1. The van der Waals surface area contributed by atoms with Crippen molar-refractivity contribution in [1.29, 1.82) is 0 Å². The van der Waals surface area contributed by atoms with Crippen LogP contribution in [-0.2, 0) is 4.79 Å². The molecule has 0 unspecified atom stereocenters. The van der Waals surface area contributed by atoms with Gasteiger partial charge < -0.3 is 10.2 Å². The van der Waals surface area contributed by atoms with Crippen LogP contribution in [0.15, 0.2) is 18.2 Å². The number of rotatable bonds is 6. The second kappa shape index (κ2) is 9.12. The summed E-state index contributed by atoms with van der Waals surface area (Å²) in [7, 11) is 2.10. The molecule has 3 N–H and O–H groups in total. The zero-order valence-corrected chi connectivity index (χ0v) is 16.4. The summed E-state index contributed by atoms with van der Waals surface area (Å²) in [6.45, 7) is 6.96. The number of nitro benzene ring substituents is 1. The molecule has 1 aliphatic heterocycles. The lowest BCUT2D eigenvalue weighted by molar-refractivity contribution is -0.884. The van der Waals surface area contributed by atoms with Gasteiger partial charge in [-0.25, -0.2) is 5.01 Å². The third-order valence-electron chi connectivity index (χ3n) is 4.53. The van der Waals surface area contributed by atoms with Gasteiger partial charge >= 0.3 is 0 Å². The van der Waals surface area contributed by atoms with Crippen LogP contribution in [0.25, 0.3) is 0 Å². The van der Waals surface area contributed by atoms with Gasteiger partial charge in [-0.05, 0) is 18.1 Å². The van der Waals surface area contributed by atoms with Gasteiger partial charge in [0.2, 0.25) is 0 Å². The van der Waals surface area contributed by atoms with E-state index in [1.165, 1.54) is 17.0 Å². The molecule has 1 fully saturated rings. The molecule has 0 radical (unpaired) electrons. The monoisotopic (exact) mass is 398 g/mol.